The van der Waals surface area contributed by atoms with Crippen molar-refractivity contribution < 1.29 is 0 Å². The largest absolute Gasteiger partial charge is 0.336 e. The maximum Gasteiger partial charge on any atom is 0.207 e. The number of piperazine rings is 1. The van der Waals surface area contributed by atoms with Crippen LogP contribution in [-0.4, -0.2) is 52.7 Å². The van der Waals surface area contributed by atoms with Gasteiger partial charge in [-0.25, -0.2) is 4.98 Å². The first kappa shape index (κ1) is 21.9. The Bertz CT molecular complexity index is 1150. The molecular weight excluding hydrogens is 430 g/mol. The molecular formula is C30H39N5. The van der Waals surface area contributed by atoms with Gasteiger partial charge in [0.2, 0.25) is 5.95 Å². The Morgan fingerprint density at radius 3 is 2.29 bits per heavy atom. The molecule has 2 aromatic carbocycles. The Kier molecular flexibility index (Phi) is 5.58. The summed E-state index contributed by atoms with van der Waals surface area (Å²) in [6.45, 7) is 4.56. The first-order valence-corrected chi connectivity index (χ1v) is 14.1. The van der Waals surface area contributed by atoms with E-state index in [9.17, 15) is 0 Å². The van der Waals surface area contributed by atoms with E-state index < -0.39 is 0 Å². The van der Waals surface area contributed by atoms with E-state index in [0.29, 0.717) is 18.1 Å². The van der Waals surface area contributed by atoms with Gasteiger partial charge in [-0.3, -0.25) is 4.90 Å². The summed E-state index contributed by atoms with van der Waals surface area (Å²) in [5, 5.41) is 3.67. The van der Waals surface area contributed by atoms with Crippen LogP contribution < -0.4 is 10.2 Å². The number of benzene rings is 2. The van der Waals surface area contributed by atoms with Gasteiger partial charge in [0.15, 0.2) is 0 Å². The van der Waals surface area contributed by atoms with Crippen LogP contribution in [0, 0.1) is 0 Å². The number of nitrogens with zero attached hydrogens (tertiary/aromatic N) is 4. The topological polar surface area (TPSA) is 36.3 Å². The summed E-state index contributed by atoms with van der Waals surface area (Å²) in [5.74, 6) is 1.23. The first-order valence-electron chi connectivity index (χ1n) is 14.1. The summed E-state index contributed by atoms with van der Waals surface area (Å²) in [5.41, 5.74) is 4.26. The number of nitrogens with one attached hydrogen (secondary N) is 1. The fourth-order valence-electron chi connectivity index (χ4n) is 7.80. The molecule has 1 N–H and O–H groups in total. The van der Waals surface area contributed by atoms with Gasteiger partial charge in [0.05, 0.1) is 11.0 Å². The fraction of sp³-hybridized carbons (Fsp3) is 0.567. The number of para-hydroxylation sites is 2. The number of piperidine rings is 1. The van der Waals surface area contributed by atoms with Crippen molar-refractivity contribution in [1.82, 2.24) is 19.8 Å². The number of aromatic nitrogens is 2. The second-order valence-corrected chi connectivity index (χ2v) is 11.4. The highest BCUT2D eigenvalue weighted by atomic mass is 15.4. The molecule has 5 heteroatoms. The van der Waals surface area contributed by atoms with E-state index in [4.69, 9.17) is 4.98 Å². The second-order valence-electron chi connectivity index (χ2n) is 11.4. The molecule has 1 saturated carbocycles. The van der Waals surface area contributed by atoms with Gasteiger partial charge in [0.25, 0.3) is 0 Å². The van der Waals surface area contributed by atoms with Gasteiger partial charge in [0.1, 0.15) is 0 Å². The molecule has 3 aromatic rings. The molecule has 4 aliphatic rings. The summed E-state index contributed by atoms with van der Waals surface area (Å²) in [6, 6.07) is 22.0. The Hall–Kier alpha value is -2.37. The van der Waals surface area contributed by atoms with Crippen LogP contribution in [0.1, 0.15) is 69.4 Å². The first-order chi connectivity index (χ1) is 17.3. The number of fused-ring (bicyclic) bond motifs is 3. The molecule has 2 atom stereocenters. The third-order valence-corrected chi connectivity index (χ3v) is 9.57. The van der Waals surface area contributed by atoms with Crippen LogP contribution in [0.3, 0.4) is 0 Å². The van der Waals surface area contributed by atoms with Crippen molar-refractivity contribution in [2.75, 3.05) is 31.1 Å². The average molecular weight is 470 g/mol. The lowest BCUT2D eigenvalue weighted by molar-refractivity contribution is 0.0361. The third kappa shape index (κ3) is 3.70. The lowest BCUT2D eigenvalue weighted by atomic mass is 9.79. The normalized spacial score (nSPS) is 27.5. The van der Waals surface area contributed by atoms with E-state index in [0.717, 1.165) is 18.6 Å². The Morgan fingerprint density at radius 1 is 0.829 bits per heavy atom. The predicted octanol–water partition coefficient (Wildman–Crippen LogP) is 5.47. The molecule has 184 valence electrons. The highest BCUT2D eigenvalue weighted by molar-refractivity contribution is 5.79. The lowest BCUT2D eigenvalue weighted by Gasteiger charge is -2.48. The number of hydrogen-bond donors (Lipinski definition) is 1. The van der Waals surface area contributed by atoms with Gasteiger partial charge in [0, 0.05) is 49.8 Å². The van der Waals surface area contributed by atoms with Crippen molar-refractivity contribution in [2.24, 2.45) is 0 Å². The van der Waals surface area contributed by atoms with Gasteiger partial charge >= 0.3 is 0 Å². The Balaban J connectivity index is 1.19. The summed E-state index contributed by atoms with van der Waals surface area (Å²) >= 11 is 0. The molecule has 3 aliphatic heterocycles. The summed E-state index contributed by atoms with van der Waals surface area (Å²) in [6.07, 6.45) is 11.8. The van der Waals surface area contributed by atoms with E-state index >= 15 is 0 Å². The quantitative estimate of drug-likeness (QED) is 0.514. The van der Waals surface area contributed by atoms with Crippen molar-refractivity contribution in [2.45, 2.75) is 81.5 Å². The van der Waals surface area contributed by atoms with E-state index in [1.807, 2.05) is 0 Å². The van der Waals surface area contributed by atoms with Crippen LogP contribution in [0.15, 0.2) is 54.6 Å². The zero-order chi connectivity index (χ0) is 23.2. The van der Waals surface area contributed by atoms with Crippen LogP contribution in [-0.2, 0) is 5.54 Å². The highest BCUT2D eigenvalue weighted by Gasteiger charge is 2.43. The summed E-state index contributed by atoms with van der Waals surface area (Å²) in [7, 11) is 0. The number of hydrogen-bond acceptors (Lipinski definition) is 4. The molecule has 0 amide bonds. The van der Waals surface area contributed by atoms with E-state index in [1.165, 1.54) is 82.3 Å². The van der Waals surface area contributed by atoms with Gasteiger partial charge in [-0.1, -0.05) is 68.1 Å². The molecule has 3 saturated heterocycles. The van der Waals surface area contributed by atoms with Gasteiger partial charge < -0.3 is 14.8 Å². The van der Waals surface area contributed by atoms with Crippen molar-refractivity contribution in [3.63, 3.8) is 0 Å². The van der Waals surface area contributed by atoms with Crippen LogP contribution in [0.2, 0.25) is 0 Å². The van der Waals surface area contributed by atoms with Crippen molar-refractivity contribution >= 4 is 17.0 Å². The molecule has 4 fully saturated rings. The summed E-state index contributed by atoms with van der Waals surface area (Å²) in [4.78, 5) is 10.7. The average Bonchev–Trinajstić information content (AvgIpc) is 3.59. The second kappa shape index (κ2) is 8.94. The van der Waals surface area contributed by atoms with Gasteiger partial charge in [-0.05, 0) is 49.8 Å². The SMILES string of the molecule is c1ccc(C2(N3CCC(n4c(N5C[C@@H]6C[C@H]5CN6)nc5ccccc54)CC3)CCCCCC2)cc1. The molecule has 0 spiro atoms. The standard InChI is InChI=1S/C30H39N5/c1-2-9-17-30(16-8-1,23-10-4-3-5-11-23)33-18-14-25(15-19-33)35-28-13-7-6-12-27(28)32-29(35)34-22-24-20-26(34)21-31-24/h3-7,10-13,24-26,31H,1-2,8-9,14-22H2/t24-,26-/m0/s1. The van der Waals surface area contributed by atoms with E-state index in [-0.39, 0.29) is 5.54 Å². The molecule has 5 nitrogen and oxygen atoms in total. The predicted molar refractivity (Wildman–Crippen MR) is 143 cm³/mol. The molecule has 7 rings (SSSR count). The maximum atomic E-state index is 5.22. The zero-order valence-electron chi connectivity index (χ0n) is 20.9. The Labute approximate surface area is 209 Å². The van der Waals surface area contributed by atoms with Gasteiger partial charge in [-0.2, -0.15) is 0 Å². The number of imidazole rings is 1. The monoisotopic (exact) mass is 469 g/mol. The minimum absolute atomic E-state index is 0.225. The zero-order valence-corrected chi connectivity index (χ0v) is 20.9. The molecule has 35 heavy (non-hydrogen) atoms. The van der Waals surface area contributed by atoms with E-state index in [2.05, 4.69) is 74.3 Å². The number of rotatable bonds is 4. The number of likely N-dealkylation sites (tertiary alicyclic amines) is 1. The minimum atomic E-state index is 0.225. The Morgan fingerprint density at radius 2 is 1.57 bits per heavy atom. The van der Waals surface area contributed by atoms with Crippen LogP contribution in [0.25, 0.3) is 11.0 Å². The maximum absolute atomic E-state index is 5.22. The molecule has 0 radical (unpaired) electrons. The van der Waals surface area contributed by atoms with Crippen LogP contribution in [0.5, 0.6) is 0 Å². The minimum Gasteiger partial charge on any atom is -0.336 e. The molecule has 4 heterocycles. The molecule has 1 aliphatic carbocycles. The highest BCUT2D eigenvalue weighted by Crippen LogP contribution is 2.44. The third-order valence-electron chi connectivity index (χ3n) is 9.57. The van der Waals surface area contributed by atoms with E-state index in [1.54, 1.807) is 5.56 Å². The van der Waals surface area contributed by atoms with Crippen molar-refractivity contribution in [3.05, 3.63) is 60.2 Å². The van der Waals surface area contributed by atoms with Crippen molar-refractivity contribution in [3.8, 4) is 0 Å². The van der Waals surface area contributed by atoms with Crippen molar-refractivity contribution in [1.29, 1.82) is 0 Å². The van der Waals surface area contributed by atoms with Crippen LogP contribution in [0.4, 0.5) is 5.95 Å². The van der Waals surface area contributed by atoms with Gasteiger partial charge in [-0.15, -0.1) is 0 Å². The molecule has 1 aromatic heterocycles. The molecule has 0 unspecified atom stereocenters. The lowest BCUT2D eigenvalue weighted by Crippen LogP contribution is -2.50. The van der Waals surface area contributed by atoms with Crippen LogP contribution >= 0.6 is 0 Å². The smallest absolute Gasteiger partial charge is 0.207 e. The molecule has 2 bridgehead atoms. The number of anilines is 1. The summed E-state index contributed by atoms with van der Waals surface area (Å²) < 4.78 is 2.63. The fourth-order valence-corrected chi connectivity index (χ4v) is 7.80.